The van der Waals surface area contributed by atoms with Crippen molar-refractivity contribution >= 4 is 40.6 Å². The van der Waals surface area contributed by atoms with Crippen molar-refractivity contribution in [3.05, 3.63) is 58.6 Å². The van der Waals surface area contributed by atoms with Crippen molar-refractivity contribution in [3.8, 4) is 0 Å². The molecule has 1 heterocycles. The third-order valence-electron chi connectivity index (χ3n) is 5.18. The van der Waals surface area contributed by atoms with Crippen molar-refractivity contribution in [2.45, 2.75) is 32.1 Å². The molecule has 0 saturated heterocycles. The van der Waals surface area contributed by atoms with Crippen LogP contribution in [0, 0.1) is 5.92 Å². The number of carbonyl (C=O) groups excluding carboxylic acids is 3. The lowest BCUT2D eigenvalue weighted by Gasteiger charge is -2.17. The lowest BCUT2D eigenvalue weighted by Crippen LogP contribution is -2.30. The normalized spacial score (nSPS) is 15.2. The molecule has 6 heteroatoms. The lowest BCUT2D eigenvalue weighted by atomic mass is 10.1. The maximum atomic E-state index is 12.3. The molecule has 0 spiro atoms. The molecule has 28 heavy (non-hydrogen) atoms. The molecule has 5 nitrogen and oxygen atoms in total. The number of ketones is 1. The fraction of sp³-hybridized carbons (Fsp3) is 0.318. The van der Waals surface area contributed by atoms with Gasteiger partial charge in [0.2, 0.25) is 11.8 Å². The summed E-state index contributed by atoms with van der Waals surface area (Å²) in [7, 11) is 0. The number of rotatable bonds is 6. The average molecular weight is 397 g/mol. The number of anilines is 2. The molecule has 1 saturated carbocycles. The molecule has 0 aromatic heterocycles. The standard InChI is InChI=1S/C22H21ClN2O3/c23-17-3-1-2-16(12-17)20(26)8-9-21(27)24-18-6-7-19-15(13-18)10-11-25(19)22(28)14-4-5-14/h1-3,6-7,12-14H,4-5,8-11H2,(H,24,27). The Hall–Kier alpha value is -2.66. The molecule has 2 aromatic carbocycles. The third-order valence-corrected chi connectivity index (χ3v) is 5.41. The van der Waals surface area contributed by atoms with Crippen LogP contribution in [-0.4, -0.2) is 24.1 Å². The van der Waals surface area contributed by atoms with Gasteiger partial charge >= 0.3 is 0 Å². The zero-order chi connectivity index (χ0) is 19.7. The monoisotopic (exact) mass is 396 g/mol. The molecular weight excluding hydrogens is 376 g/mol. The van der Waals surface area contributed by atoms with Gasteiger partial charge in [-0.2, -0.15) is 0 Å². The van der Waals surface area contributed by atoms with E-state index in [-0.39, 0.29) is 36.4 Å². The Kier molecular flexibility index (Phi) is 5.18. The first-order valence-electron chi connectivity index (χ1n) is 9.54. The average Bonchev–Trinajstić information content (AvgIpc) is 3.45. The Balaban J connectivity index is 1.34. The highest BCUT2D eigenvalue weighted by molar-refractivity contribution is 6.31. The predicted molar refractivity (Wildman–Crippen MR) is 109 cm³/mol. The van der Waals surface area contributed by atoms with Crippen LogP contribution in [0.15, 0.2) is 42.5 Å². The Bertz CT molecular complexity index is 953. The van der Waals surface area contributed by atoms with E-state index < -0.39 is 0 Å². The summed E-state index contributed by atoms with van der Waals surface area (Å²) in [5, 5.41) is 3.35. The summed E-state index contributed by atoms with van der Waals surface area (Å²) < 4.78 is 0. The van der Waals surface area contributed by atoms with Crippen LogP contribution in [0.25, 0.3) is 0 Å². The van der Waals surface area contributed by atoms with E-state index in [4.69, 9.17) is 11.6 Å². The molecule has 1 fully saturated rings. The number of hydrogen-bond acceptors (Lipinski definition) is 3. The second-order valence-electron chi connectivity index (χ2n) is 7.34. The van der Waals surface area contributed by atoms with E-state index in [9.17, 15) is 14.4 Å². The Labute approximate surface area is 168 Å². The maximum absolute atomic E-state index is 12.3. The van der Waals surface area contributed by atoms with E-state index in [0.717, 1.165) is 30.5 Å². The number of nitrogens with one attached hydrogen (secondary N) is 1. The second kappa shape index (κ2) is 7.76. The molecule has 0 radical (unpaired) electrons. The van der Waals surface area contributed by atoms with Gasteiger partial charge in [-0.05, 0) is 55.2 Å². The van der Waals surface area contributed by atoms with Crippen LogP contribution in [0.5, 0.6) is 0 Å². The van der Waals surface area contributed by atoms with Crippen LogP contribution >= 0.6 is 11.6 Å². The first kappa shape index (κ1) is 18.7. The van der Waals surface area contributed by atoms with Gasteiger partial charge in [0.25, 0.3) is 0 Å². The van der Waals surface area contributed by atoms with Crippen LogP contribution in [0.2, 0.25) is 5.02 Å². The zero-order valence-electron chi connectivity index (χ0n) is 15.4. The highest BCUT2D eigenvalue weighted by atomic mass is 35.5. The van der Waals surface area contributed by atoms with Crippen LogP contribution in [-0.2, 0) is 16.0 Å². The second-order valence-corrected chi connectivity index (χ2v) is 7.78. The number of Topliss-reactive ketones (excluding diaryl/α,β-unsaturated/α-hetero) is 1. The molecule has 0 atom stereocenters. The van der Waals surface area contributed by atoms with Crippen molar-refractivity contribution in [2.24, 2.45) is 5.92 Å². The van der Waals surface area contributed by atoms with Crippen LogP contribution in [0.3, 0.4) is 0 Å². The Morgan fingerprint density at radius 3 is 2.64 bits per heavy atom. The van der Waals surface area contributed by atoms with Gasteiger partial charge in [0.05, 0.1) is 0 Å². The first-order valence-corrected chi connectivity index (χ1v) is 9.92. The van der Waals surface area contributed by atoms with E-state index in [1.165, 1.54) is 0 Å². The SMILES string of the molecule is O=C(CCC(=O)c1cccc(Cl)c1)Nc1ccc2c(c1)CCN2C(=O)C1CC1. The fourth-order valence-corrected chi connectivity index (χ4v) is 3.71. The number of amides is 2. The Morgan fingerprint density at radius 2 is 1.89 bits per heavy atom. The van der Waals surface area contributed by atoms with Crippen molar-refractivity contribution in [3.63, 3.8) is 0 Å². The van der Waals surface area contributed by atoms with Gasteiger partial charge in [-0.25, -0.2) is 0 Å². The van der Waals surface area contributed by atoms with E-state index >= 15 is 0 Å². The van der Waals surface area contributed by atoms with E-state index in [1.807, 2.05) is 23.1 Å². The molecule has 1 N–H and O–H groups in total. The van der Waals surface area contributed by atoms with E-state index in [1.54, 1.807) is 24.3 Å². The van der Waals surface area contributed by atoms with Gasteiger partial charge in [-0.3, -0.25) is 14.4 Å². The molecule has 2 aromatic rings. The number of nitrogens with zero attached hydrogens (tertiary/aromatic N) is 1. The molecule has 0 bridgehead atoms. The summed E-state index contributed by atoms with van der Waals surface area (Å²) in [5.74, 6) is 0.0949. The van der Waals surface area contributed by atoms with Crippen molar-refractivity contribution in [1.82, 2.24) is 0 Å². The smallest absolute Gasteiger partial charge is 0.230 e. The van der Waals surface area contributed by atoms with Crippen molar-refractivity contribution in [1.29, 1.82) is 0 Å². The minimum Gasteiger partial charge on any atom is -0.326 e. The van der Waals surface area contributed by atoms with Gasteiger partial charge in [0, 0.05) is 47.3 Å². The predicted octanol–water partition coefficient (Wildman–Crippen LogP) is 4.24. The molecule has 2 aliphatic rings. The third kappa shape index (κ3) is 4.09. The fourth-order valence-electron chi connectivity index (χ4n) is 3.52. The Morgan fingerprint density at radius 1 is 1.07 bits per heavy atom. The number of benzene rings is 2. The molecule has 1 aliphatic carbocycles. The zero-order valence-corrected chi connectivity index (χ0v) is 16.2. The first-order chi connectivity index (χ1) is 13.5. The quantitative estimate of drug-likeness (QED) is 0.742. The van der Waals surface area contributed by atoms with E-state index in [0.29, 0.717) is 22.8 Å². The van der Waals surface area contributed by atoms with Gasteiger partial charge in [0.1, 0.15) is 0 Å². The number of carbonyl (C=O) groups is 3. The minimum atomic E-state index is -0.209. The topological polar surface area (TPSA) is 66.5 Å². The number of hydrogen-bond donors (Lipinski definition) is 1. The van der Waals surface area contributed by atoms with Crippen molar-refractivity contribution in [2.75, 3.05) is 16.8 Å². The molecular formula is C22H21ClN2O3. The largest absolute Gasteiger partial charge is 0.326 e. The lowest BCUT2D eigenvalue weighted by molar-refractivity contribution is -0.119. The summed E-state index contributed by atoms with van der Waals surface area (Å²) >= 11 is 5.90. The van der Waals surface area contributed by atoms with Crippen LogP contribution in [0.1, 0.15) is 41.6 Å². The molecule has 4 rings (SSSR count). The highest BCUT2D eigenvalue weighted by Gasteiger charge is 2.36. The summed E-state index contributed by atoms with van der Waals surface area (Å²) in [6, 6.07) is 12.4. The van der Waals surface area contributed by atoms with Gasteiger partial charge < -0.3 is 10.2 Å². The number of fused-ring (bicyclic) bond motifs is 1. The number of halogens is 1. The van der Waals surface area contributed by atoms with Crippen molar-refractivity contribution < 1.29 is 14.4 Å². The maximum Gasteiger partial charge on any atom is 0.230 e. The van der Waals surface area contributed by atoms with Gasteiger partial charge in [-0.15, -0.1) is 0 Å². The van der Waals surface area contributed by atoms with Crippen LogP contribution < -0.4 is 10.2 Å². The molecule has 0 unspecified atom stereocenters. The summed E-state index contributed by atoms with van der Waals surface area (Å²) in [6.45, 7) is 0.705. The summed E-state index contributed by atoms with van der Waals surface area (Å²) in [5.41, 5.74) is 3.23. The molecule has 144 valence electrons. The minimum absolute atomic E-state index is 0.106. The van der Waals surface area contributed by atoms with Gasteiger partial charge in [-0.1, -0.05) is 23.7 Å². The summed E-state index contributed by atoms with van der Waals surface area (Å²) in [4.78, 5) is 38.6. The molecule has 2 amide bonds. The highest BCUT2D eigenvalue weighted by Crippen LogP contribution is 2.37. The van der Waals surface area contributed by atoms with E-state index in [2.05, 4.69) is 5.32 Å². The van der Waals surface area contributed by atoms with Crippen LogP contribution in [0.4, 0.5) is 11.4 Å². The van der Waals surface area contributed by atoms with Gasteiger partial charge in [0.15, 0.2) is 5.78 Å². The molecule has 1 aliphatic heterocycles. The summed E-state index contributed by atoms with van der Waals surface area (Å²) in [6.07, 6.45) is 3.01.